The molecule has 148 valence electrons. The number of aliphatic hydroxyl groups excluding tert-OH is 1. The van der Waals surface area contributed by atoms with E-state index in [1.165, 1.54) is 50.5 Å². The minimum absolute atomic E-state index is 0.00452. The molecule has 3 atom stereocenters. The molecule has 3 nitrogen and oxygen atoms in total. The standard InChI is InChI=1S/C23H38O3/c1-2-3-4-5-6-7-8-12-15-22(24)23-17-16-21(26-23)19-25-18-20-13-10-9-11-14-20/h9-11,13-14,21-24H,2-8,12,15-19H2,1H3/t21-,22-,23-/m1/s1. The van der Waals surface area contributed by atoms with Gasteiger partial charge in [-0.2, -0.15) is 0 Å². The fourth-order valence-corrected chi connectivity index (χ4v) is 3.69. The van der Waals surface area contributed by atoms with E-state index in [-0.39, 0.29) is 18.3 Å². The van der Waals surface area contributed by atoms with Crippen molar-refractivity contribution in [3.63, 3.8) is 0 Å². The summed E-state index contributed by atoms with van der Waals surface area (Å²) in [7, 11) is 0. The van der Waals surface area contributed by atoms with Crippen molar-refractivity contribution < 1.29 is 14.6 Å². The molecule has 1 saturated heterocycles. The number of hydrogen-bond acceptors (Lipinski definition) is 3. The molecule has 0 amide bonds. The molecule has 1 aromatic carbocycles. The van der Waals surface area contributed by atoms with E-state index < -0.39 is 0 Å². The average Bonchev–Trinajstić information content (AvgIpc) is 3.14. The second-order valence-corrected chi connectivity index (χ2v) is 7.71. The Kier molecular flexibility index (Phi) is 10.9. The predicted octanol–water partition coefficient (Wildman–Crippen LogP) is 5.64. The topological polar surface area (TPSA) is 38.7 Å². The Labute approximate surface area is 160 Å². The predicted molar refractivity (Wildman–Crippen MR) is 107 cm³/mol. The maximum atomic E-state index is 10.4. The average molecular weight is 363 g/mol. The highest BCUT2D eigenvalue weighted by Crippen LogP contribution is 2.25. The Morgan fingerprint density at radius 2 is 1.69 bits per heavy atom. The summed E-state index contributed by atoms with van der Waals surface area (Å²) in [6.07, 6.45) is 13.1. The largest absolute Gasteiger partial charge is 0.390 e. The molecule has 0 aromatic heterocycles. The molecule has 26 heavy (non-hydrogen) atoms. The summed E-state index contributed by atoms with van der Waals surface area (Å²) in [6, 6.07) is 10.2. The van der Waals surface area contributed by atoms with Gasteiger partial charge in [0.05, 0.1) is 31.5 Å². The fraction of sp³-hybridized carbons (Fsp3) is 0.739. The lowest BCUT2D eigenvalue weighted by atomic mass is 10.0. The van der Waals surface area contributed by atoms with Gasteiger partial charge in [0, 0.05) is 0 Å². The van der Waals surface area contributed by atoms with Crippen LogP contribution in [-0.2, 0) is 16.1 Å². The Hall–Kier alpha value is -0.900. The van der Waals surface area contributed by atoms with Crippen LogP contribution in [0, 0.1) is 0 Å². The monoisotopic (exact) mass is 362 g/mol. The SMILES string of the molecule is CCCCCCCCCC[C@@H](O)[C@H]1CC[C@H](COCc2ccccc2)O1. The van der Waals surface area contributed by atoms with Gasteiger partial charge in [-0.3, -0.25) is 0 Å². The van der Waals surface area contributed by atoms with Crippen molar-refractivity contribution in [2.75, 3.05) is 6.61 Å². The third-order valence-electron chi connectivity index (χ3n) is 5.34. The van der Waals surface area contributed by atoms with Crippen LogP contribution in [0.15, 0.2) is 30.3 Å². The fourth-order valence-electron chi connectivity index (χ4n) is 3.69. The molecule has 1 fully saturated rings. The second kappa shape index (κ2) is 13.3. The van der Waals surface area contributed by atoms with Gasteiger partial charge in [0.25, 0.3) is 0 Å². The summed E-state index contributed by atoms with van der Waals surface area (Å²) >= 11 is 0. The molecule has 1 aliphatic heterocycles. The van der Waals surface area contributed by atoms with Crippen LogP contribution in [0.1, 0.15) is 83.1 Å². The van der Waals surface area contributed by atoms with Crippen molar-refractivity contribution in [2.45, 2.75) is 102 Å². The first-order valence-electron chi connectivity index (χ1n) is 10.7. The molecule has 1 N–H and O–H groups in total. The van der Waals surface area contributed by atoms with Crippen LogP contribution < -0.4 is 0 Å². The Morgan fingerprint density at radius 1 is 1.00 bits per heavy atom. The van der Waals surface area contributed by atoms with E-state index in [4.69, 9.17) is 9.47 Å². The third-order valence-corrected chi connectivity index (χ3v) is 5.34. The molecule has 0 unspecified atom stereocenters. The van der Waals surface area contributed by atoms with Crippen molar-refractivity contribution in [1.29, 1.82) is 0 Å². The quantitative estimate of drug-likeness (QED) is 0.435. The first-order valence-corrected chi connectivity index (χ1v) is 10.7. The van der Waals surface area contributed by atoms with Gasteiger partial charge in [-0.1, -0.05) is 88.6 Å². The number of benzene rings is 1. The first kappa shape index (κ1) is 21.4. The molecule has 0 aliphatic carbocycles. The molecular weight excluding hydrogens is 324 g/mol. The van der Waals surface area contributed by atoms with Crippen molar-refractivity contribution in [3.05, 3.63) is 35.9 Å². The Balaban J connectivity index is 1.48. The minimum Gasteiger partial charge on any atom is -0.390 e. The van der Waals surface area contributed by atoms with Crippen molar-refractivity contribution in [2.24, 2.45) is 0 Å². The molecule has 3 heteroatoms. The third kappa shape index (κ3) is 8.66. The van der Waals surface area contributed by atoms with Gasteiger partial charge >= 0.3 is 0 Å². The van der Waals surface area contributed by atoms with Gasteiger partial charge in [-0.15, -0.1) is 0 Å². The lowest BCUT2D eigenvalue weighted by Crippen LogP contribution is -2.27. The first-order chi connectivity index (χ1) is 12.8. The van der Waals surface area contributed by atoms with Gasteiger partial charge in [0.15, 0.2) is 0 Å². The molecule has 0 spiro atoms. The van der Waals surface area contributed by atoms with Crippen molar-refractivity contribution >= 4 is 0 Å². The minimum atomic E-state index is -0.311. The molecule has 1 aromatic rings. The maximum Gasteiger partial charge on any atom is 0.0839 e. The van der Waals surface area contributed by atoms with Gasteiger partial charge in [-0.05, 0) is 24.8 Å². The molecular formula is C23H38O3. The van der Waals surface area contributed by atoms with E-state index in [2.05, 4.69) is 19.1 Å². The van der Waals surface area contributed by atoms with Gasteiger partial charge in [0.2, 0.25) is 0 Å². The number of hydrogen-bond donors (Lipinski definition) is 1. The van der Waals surface area contributed by atoms with Crippen LogP contribution in [0.2, 0.25) is 0 Å². The lowest BCUT2D eigenvalue weighted by Gasteiger charge is -2.19. The van der Waals surface area contributed by atoms with Crippen LogP contribution >= 0.6 is 0 Å². The molecule has 2 rings (SSSR count). The van der Waals surface area contributed by atoms with E-state index >= 15 is 0 Å². The van der Waals surface area contributed by atoms with Crippen LogP contribution in [0.25, 0.3) is 0 Å². The number of rotatable bonds is 14. The summed E-state index contributed by atoms with van der Waals surface area (Å²) < 4.78 is 11.8. The van der Waals surface area contributed by atoms with Gasteiger partial charge < -0.3 is 14.6 Å². The summed E-state index contributed by atoms with van der Waals surface area (Å²) in [5, 5.41) is 10.4. The number of ether oxygens (including phenoxy) is 2. The zero-order chi connectivity index (χ0) is 18.5. The zero-order valence-electron chi connectivity index (χ0n) is 16.6. The normalized spacial score (nSPS) is 21.2. The van der Waals surface area contributed by atoms with E-state index in [0.717, 1.165) is 25.7 Å². The molecule has 1 heterocycles. The van der Waals surface area contributed by atoms with E-state index in [0.29, 0.717) is 13.2 Å². The highest BCUT2D eigenvalue weighted by molar-refractivity contribution is 5.13. The van der Waals surface area contributed by atoms with Crippen LogP contribution in [0.5, 0.6) is 0 Å². The molecule has 0 radical (unpaired) electrons. The van der Waals surface area contributed by atoms with Gasteiger partial charge in [0.1, 0.15) is 0 Å². The van der Waals surface area contributed by atoms with Crippen LogP contribution in [-0.4, -0.2) is 30.0 Å². The maximum absolute atomic E-state index is 10.4. The summed E-state index contributed by atoms with van der Waals surface area (Å²) in [5.41, 5.74) is 1.19. The van der Waals surface area contributed by atoms with Crippen LogP contribution in [0.3, 0.4) is 0 Å². The molecule has 1 aliphatic rings. The van der Waals surface area contributed by atoms with Gasteiger partial charge in [-0.25, -0.2) is 0 Å². The zero-order valence-corrected chi connectivity index (χ0v) is 16.6. The highest BCUT2D eigenvalue weighted by Gasteiger charge is 2.30. The molecule has 0 saturated carbocycles. The number of aliphatic hydroxyl groups is 1. The summed E-state index contributed by atoms with van der Waals surface area (Å²) in [5.74, 6) is 0. The van der Waals surface area contributed by atoms with Crippen molar-refractivity contribution in [3.8, 4) is 0 Å². The lowest BCUT2D eigenvalue weighted by molar-refractivity contribution is -0.0650. The van der Waals surface area contributed by atoms with E-state index in [1.807, 2.05) is 18.2 Å². The summed E-state index contributed by atoms with van der Waals surface area (Å²) in [6.45, 7) is 3.51. The van der Waals surface area contributed by atoms with Crippen molar-refractivity contribution in [1.82, 2.24) is 0 Å². The van der Waals surface area contributed by atoms with E-state index in [9.17, 15) is 5.11 Å². The highest BCUT2D eigenvalue weighted by atomic mass is 16.5. The Morgan fingerprint density at radius 3 is 2.42 bits per heavy atom. The van der Waals surface area contributed by atoms with E-state index in [1.54, 1.807) is 0 Å². The van der Waals surface area contributed by atoms with Crippen LogP contribution in [0.4, 0.5) is 0 Å². The molecule has 0 bridgehead atoms. The second-order valence-electron chi connectivity index (χ2n) is 7.71. The smallest absolute Gasteiger partial charge is 0.0839 e. The summed E-state index contributed by atoms with van der Waals surface area (Å²) in [4.78, 5) is 0. The Bertz CT molecular complexity index is 448. The number of unbranched alkanes of at least 4 members (excludes halogenated alkanes) is 7.